The van der Waals surface area contributed by atoms with Crippen molar-refractivity contribution in [3.05, 3.63) is 71.8 Å². The first-order valence-corrected chi connectivity index (χ1v) is 6.05. The summed E-state index contributed by atoms with van der Waals surface area (Å²) in [7, 11) is 0. The number of benzene rings is 2. The summed E-state index contributed by atoms with van der Waals surface area (Å²) in [5, 5.41) is 20.1. The molecule has 1 radical (unpaired) electrons. The van der Waals surface area contributed by atoms with Crippen LogP contribution in [0.2, 0.25) is 0 Å². The van der Waals surface area contributed by atoms with E-state index in [1.165, 1.54) is 0 Å². The van der Waals surface area contributed by atoms with Gasteiger partial charge in [-0.2, -0.15) is 0 Å². The Bertz CT molecular complexity index is 489. The minimum Gasteiger partial charge on any atom is -0.550 e. The summed E-state index contributed by atoms with van der Waals surface area (Å²) >= 11 is 0. The van der Waals surface area contributed by atoms with E-state index in [1.807, 2.05) is 12.1 Å². The van der Waals surface area contributed by atoms with E-state index >= 15 is 0 Å². The molecule has 0 heterocycles. The molecule has 5 heteroatoms. The van der Waals surface area contributed by atoms with Gasteiger partial charge in [-0.3, -0.25) is 0 Å². The largest absolute Gasteiger partial charge is 2.00 e. The van der Waals surface area contributed by atoms with E-state index in [-0.39, 0.29) is 29.9 Å². The number of aliphatic carboxylic acids is 2. The average Bonchev–Trinajstić information content (AvgIpc) is 2.40. The van der Waals surface area contributed by atoms with Crippen LogP contribution in [0.3, 0.4) is 0 Å². The number of carboxylic acids is 2. The minimum atomic E-state index is -1.04. The van der Waals surface area contributed by atoms with Gasteiger partial charge in [0.15, 0.2) is 0 Å². The van der Waals surface area contributed by atoms with Gasteiger partial charge in [-0.05, 0) is 11.1 Å². The second kappa shape index (κ2) is 10.7. The van der Waals surface area contributed by atoms with Crippen LogP contribution in [0.25, 0.3) is 0 Å². The van der Waals surface area contributed by atoms with Crippen molar-refractivity contribution in [1.82, 2.24) is 0 Å². The Morgan fingerprint density at radius 3 is 1.19 bits per heavy atom. The molecule has 0 bridgehead atoms. The van der Waals surface area contributed by atoms with Gasteiger partial charge in [-0.15, -0.1) is 0 Å². The molecule has 0 N–H and O–H groups in total. The van der Waals surface area contributed by atoms with Gasteiger partial charge >= 0.3 is 17.1 Å². The van der Waals surface area contributed by atoms with Gasteiger partial charge in [0.25, 0.3) is 0 Å². The van der Waals surface area contributed by atoms with Gasteiger partial charge in [-0.25, -0.2) is 0 Å². The molecule has 2 rings (SSSR count). The first-order chi connectivity index (χ1) is 9.58. The fourth-order valence-corrected chi connectivity index (χ4v) is 1.53. The van der Waals surface area contributed by atoms with Crippen LogP contribution in [0.4, 0.5) is 0 Å². The molecule has 0 atom stereocenters. The van der Waals surface area contributed by atoms with Gasteiger partial charge in [0.05, 0.1) is 0 Å². The molecule has 0 unspecified atom stereocenters. The van der Waals surface area contributed by atoms with Crippen LogP contribution in [0.5, 0.6) is 0 Å². The van der Waals surface area contributed by atoms with Crippen molar-refractivity contribution in [1.29, 1.82) is 0 Å². The fourth-order valence-electron chi connectivity index (χ4n) is 1.53. The molecule has 0 aliphatic carbocycles. The number of carbonyl (C=O) groups is 2. The molecule has 21 heavy (non-hydrogen) atoms. The SMILES string of the molecule is O=C([O-])Cc1ccccc1.O=C([O-])Cc1ccccc1.[Cu+2]. The molecule has 0 amide bonds. The summed E-state index contributed by atoms with van der Waals surface area (Å²) in [6.07, 6.45) is 0.00167. The first-order valence-electron chi connectivity index (χ1n) is 6.05. The number of carboxylic acid groups (broad SMARTS) is 2. The maximum Gasteiger partial charge on any atom is 2.00 e. The third kappa shape index (κ3) is 9.43. The molecule has 2 aromatic carbocycles. The molecule has 113 valence electrons. The van der Waals surface area contributed by atoms with Crippen LogP contribution in [0.1, 0.15) is 11.1 Å². The van der Waals surface area contributed by atoms with Crippen molar-refractivity contribution in [2.24, 2.45) is 0 Å². The van der Waals surface area contributed by atoms with Crippen LogP contribution in [0, 0.1) is 0 Å². The Morgan fingerprint density at radius 1 is 0.667 bits per heavy atom. The van der Waals surface area contributed by atoms with Crippen LogP contribution >= 0.6 is 0 Å². The minimum absolute atomic E-state index is 0. The normalized spacial score (nSPS) is 8.76. The quantitative estimate of drug-likeness (QED) is 0.735. The predicted octanol–water partition coefficient (Wildman–Crippen LogP) is -0.0445. The molecular weight excluding hydrogens is 320 g/mol. The zero-order chi connectivity index (χ0) is 14.8. The Labute approximate surface area is 133 Å². The van der Waals surface area contributed by atoms with Gasteiger partial charge in [0.2, 0.25) is 0 Å². The van der Waals surface area contributed by atoms with Gasteiger partial charge in [0, 0.05) is 24.8 Å². The van der Waals surface area contributed by atoms with Crippen molar-refractivity contribution in [3.63, 3.8) is 0 Å². The topological polar surface area (TPSA) is 80.3 Å². The van der Waals surface area contributed by atoms with Gasteiger partial charge < -0.3 is 19.8 Å². The average molecular weight is 334 g/mol. The summed E-state index contributed by atoms with van der Waals surface area (Å²) in [6.45, 7) is 0. The molecule has 0 saturated carbocycles. The van der Waals surface area contributed by atoms with E-state index < -0.39 is 11.9 Å². The third-order valence-corrected chi connectivity index (χ3v) is 2.38. The van der Waals surface area contributed by atoms with E-state index in [9.17, 15) is 19.8 Å². The zero-order valence-corrected chi connectivity index (χ0v) is 12.1. The second-order valence-electron chi connectivity index (χ2n) is 4.07. The molecule has 0 saturated heterocycles. The molecule has 2 aromatic rings. The molecule has 0 aromatic heterocycles. The monoisotopic (exact) mass is 333 g/mol. The first kappa shape index (κ1) is 18.9. The molecular formula is C16H14CuO4. The maximum atomic E-state index is 10.1. The van der Waals surface area contributed by atoms with Gasteiger partial charge in [0.1, 0.15) is 0 Å². The summed E-state index contributed by atoms with van der Waals surface area (Å²) in [6, 6.07) is 17.9. The van der Waals surface area contributed by atoms with Crippen LogP contribution in [0.15, 0.2) is 60.7 Å². The van der Waals surface area contributed by atoms with E-state index in [1.54, 1.807) is 48.5 Å². The molecule has 0 aliphatic rings. The zero-order valence-electron chi connectivity index (χ0n) is 11.1. The van der Waals surface area contributed by atoms with Crippen molar-refractivity contribution < 1.29 is 36.9 Å². The molecule has 0 fully saturated rings. The maximum absolute atomic E-state index is 10.1. The third-order valence-electron chi connectivity index (χ3n) is 2.38. The molecule has 0 spiro atoms. The van der Waals surface area contributed by atoms with Crippen LogP contribution < -0.4 is 10.2 Å². The van der Waals surface area contributed by atoms with E-state index in [0.29, 0.717) is 0 Å². The Hall–Kier alpha value is -2.10. The Balaban J connectivity index is 0.000000364. The Morgan fingerprint density at radius 2 is 0.952 bits per heavy atom. The smallest absolute Gasteiger partial charge is 0.550 e. The number of rotatable bonds is 4. The number of hydrogen-bond acceptors (Lipinski definition) is 4. The Kier molecular flexibility index (Phi) is 9.59. The van der Waals surface area contributed by atoms with E-state index in [4.69, 9.17) is 0 Å². The van der Waals surface area contributed by atoms with Crippen molar-refractivity contribution >= 4 is 11.9 Å². The van der Waals surface area contributed by atoms with Crippen LogP contribution in [-0.4, -0.2) is 11.9 Å². The van der Waals surface area contributed by atoms with Crippen molar-refractivity contribution in [2.75, 3.05) is 0 Å². The molecule has 4 nitrogen and oxygen atoms in total. The van der Waals surface area contributed by atoms with E-state index in [2.05, 4.69) is 0 Å². The van der Waals surface area contributed by atoms with Crippen molar-refractivity contribution in [3.8, 4) is 0 Å². The summed E-state index contributed by atoms with van der Waals surface area (Å²) in [5.74, 6) is -2.07. The predicted molar refractivity (Wildman–Crippen MR) is 70.3 cm³/mol. The summed E-state index contributed by atoms with van der Waals surface area (Å²) in [5.41, 5.74) is 1.56. The standard InChI is InChI=1S/2C8H8O2.Cu/c2*9-8(10)6-7-4-2-1-3-5-7;/h2*1-5H,6H2,(H,9,10);/q;;+2/p-2. The number of hydrogen-bond donors (Lipinski definition) is 0. The second-order valence-corrected chi connectivity index (χ2v) is 4.07. The van der Waals surface area contributed by atoms with E-state index in [0.717, 1.165) is 11.1 Å². The van der Waals surface area contributed by atoms with Crippen molar-refractivity contribution in [2.45, 2.75) is 12.8 Å². The number of carbonyl (C=O) groups excluding carboxylic acids is 2. The molecule has 0 aliphatic heterocycles. The summed E-state index contributed by atoms with van der Waals surface area (Å²) < 4.78 is 0. The van der Waals surface area contributed by atoms with Gasteiger partial charge in [-0.1, -0.05) is 60.7 Å². The summed E-state index contributed by atoms with van der Waals surface area (Å²) in [4.78, 5) is 20.1. The fraction of sp³-hybridized carbons (Fsp3) is 0.125. The van der Waals surface area contributed by atoms with Crippen LogP contribution in [-0.2, 0) is 39.5 Å².